The Labute approximate surface area is 851 Å². The van der Waals surface area contributed by atoms with Gasteiger partial charge >= 0.3 is 54.3 Å². The van der Waals surface area contributed by atoms with Gasteiger partial charge in [0.25, 0.3) is 20.9 Å². The normalized spacial score (nSPS) is 12.6. The fraction of sp³-hybridized carbons (Fsp3) is 0.446. The number of hydrogen-bond acceptors (Lipinski definition) is 41. The average Bonchev–Trinajstić information content (AvgIpc) is 1.53. The third-order valence-corrected chi connectivity index (χ3v) is 34.8. The number of nitrogen functional groups attached to an aromatic ring is 6. The second-order valence-electron chi connectivity index (χ2n) is 32.6. The molecule has 0 radical (unpaired) electrons. The molecule has 0 saturated heterocycles. The molecule has 0 saturated carbocycles. The van der Waals surface area contributed by atoms with Gasteiger partial charge in [-0.05, 0) is 203 Å². The summed E-state index contributed by atoms with van der Waals surface area (Å²) in [6.07, 6.45) is 5.99. The van der Waals surface area contributed by atoms with Crippen molar-refractivity contribution in [1.82, 2.24) is 50.3 Å². The van der Waals surface area contributed by atoms with Crippen LogP contribution < -0.4 is 87.8 Å². The zero-order valence-electron chi connectivity index (χ0n) is 80.8. The van der Waals surface area contributed by atoms with Gasteiger partial charge in [-0.15, -0.1) is 58.0 Å². The predicted molar refractivity (Wildman–Crippen MR) is 557 cm³/mol. The number of aromatic nitrogens is 6. The van der Waals surface area contributed by atoms with Gasteiger partial charge in [-0.1, -0.05) is 89.4 Å². The van der Waals surface area contributed by atoms with E-state index in [0.29, 0.717) is 119 Å². The molecule has 0 aliphatic heterocycles. The van der Waals surface area contributed by atoms with E-state index in [1.807, 2.05) is 20.1 Å². The van der Waals surface area contributed by atoms with Crippen molar-refractivity contribution in [2.45, 2.75) is 193 Å². The highest BCUT2D eigenvalue weighted by Crippen LogP contribution is 2.49. The largest absolute Gasteiger partial charge is 0.465 e. The number of anilines is 6. The number of nitrogens with zero attached hydrogens (tertiary/aromatic N) is 6. The summed E-state index contributed by atoms with van der Waals surface area (Å²) in [7, 11) is -25.3. The number of rotatable bonds is 41. The molecular weight excluding hydrogens is 2130 g/mol. The van der Waals surface area contributed by atoms with E-state index >= 15 is 0 Å². The number of oxazole rings is 1. The van der Waals surface area contributed by atoms with Crippen LogP contribution in [0.3, 0.4) is 0 Å². The standard InChI is InChI=1S/C22H35N4O6PS2.C21H33N4O6PS.C11H15N2O5P.C11H15N2O4PS.C10H13N2O4PS2.C8H9N2O4PS2/c1-8-13-34-17-16(24-20(23)35-17)14-11-12-15(32-14)33(29,25-21(4,5)18(27)30-9-2)26-22(6,7)19(28)31-10-3;1-7-29-19(26)13(5)24-32(28,25-14(6)20(27)30-8-2)17-10-9-15(31-17)18-16(11-12(3)4)33-21(22)23-18;1-6(2)5-8-10(13-11(12)18-8)7-3-4-9(17-7)19(14,15)16;1-6(2)5-8-10(13-11(12)19-8)7-3-4-9(17-7)18(14,15)16;1-2-5-18-9-8(12-10(11)19-9)6-3-4-7(16-6)17(13,14)15;1-16-7-6(10-8(9)17-7)4-2-3-5(14-4)15(11,12)13/h11-12H,8-10,13H2,1-7H3,(H2,23,24)(H2,25,26,29);9-10,12-14H,7-8,11H2,1-6H3,(H2,22,23)(H2,24,25,28);2*3-4,6H,5H2,1-2H3,(H2,12,13)(H2,14,15,16);3-4H,2,5H2,1H3,(H2,11,12)(H2,13,14,15);2-3H,1H3,(H2,9,10)(H2,11,12,13)/t;13-,14-;;;;/m.1..../s1. The van der Waals surface area contributed by atoms with E-state index in [9.17, 15) is 46.6 Å². The van der Waals surface area contributed by atoms with Crippen molar-refractivity contribution < 1.29 is 136 Å². The topological polar surface area (TPSA) is 743 Å². The maximum atomic E-state index is 14.4. The summed E-state index contributed by atoms with van der Waals surface area (Å²) >= 11 is 11.4. The van der Waals surface area contributed by atoms with Crippen molar-refractivity contribution in [1.29, 1.82) is 0 Å². The molecular formula is C83H120N16O29P6S8. The average molecular weight is 2250 g/mol. The summed E-state index contributed by atoms with van der Waals surface area (Å²) in [5.41, 5.74) is 33.3. The highest BCUT2D eigenvalue weighted by molar-refractivity contribution is 8.01. The van der Waals surface area contributed by atoms with Gasteiger partial charge in [-0.25, -0.2) is 45.3 Å². The van der Waals surface area contributed by atoms with E-state index < -0.39 is 97.8 Å². The molecule has 0 aromatic carbocycles. The van der Waals surface area contributed by atoms with Gasteiger partial charge in [0.05, 0.1) is 39.1 Å². The Balaban J connectivity index is 0.000000237. The fourth-order valence-electron chi connectivity index (χ4n) is 12.1. The zero-order chi connectivity index (χ0) is 106. The van der Waals surface area contributed by atoms with Gasteiger partial charge < -0.3 is 123 Å². The lowest BCUT2D eigenvalue weighted by Gasteiger charge is -2.34. The summed E-state index contributed by atoms with van der Waals surface area (Å²) in [6, 6.07) is 15.4. The number of carbonyl (C=O) groups excluding carboxylic acids is 4. The maximum absolute atomic E-state index is 14.4. The van der Waals surface area contributed by atoms with Gasteiger partial charge in [0.2, 0.25) is 22.0 Å². The lowest BCUT2D eigenvalue weighted by Crippen LogP contribution is -2.55. The van der Waals surface area contributed by atoms with E-state index in [-0.39, 0.29) is 65.7 Å². The Morgan fingerprint density at radius 1 is 0.373 bits per heavy atom. The smallest absolute Gasteiger partial charge is 0.391 e. The number of nitrogens with two attached hydrogens (primary N) is 6. The van der Waals surface area contributed by atoms with E-state index in [1.165, 1.54) is 143 Å². The summed E-state index contributed by atoms with van der Waals surface area (Å²) in [4.78, 5) is 149. The minimum atomic E-state index is -4.41. The minimum absolute atomic E-state index is 0.000204. The molecule has 0 bridgehead atoms. The first-order valence-corrected chi connectivity index (χ1v) is 60.5. The molecule has 45 nitrogen and oxygen atoms in total. The molecule has 0 fully saturated rings. The fourth-order valence-corrected chi connectivity index (χ4v) is 26.3. The highest BCUT2D eigenvalue weighted by atomic mass is 32.2. The molecule has 12 aromatic heterocycles. The van der Waals surface area contributed by atoms with Crippen LogP contribution >= 0.6 is 137 Å². The molecule has 0 amide bonds. The molecule has 2 atom stereocenters. The first kappa shape index (κ1) is 121. The van der Waals surface area contributed by atoms with Crippen LogP contribution in [0.4, 0.5) is 31.7 Å². The lowest BCUT2D eigenvalue weighted by atomic mass is 10.1. The molecule has 0 aliphatic carbocycles. The molecule has 0 unspecified atom stereocenters. The number of esters is 4. The van der Waals surface area contributed by atoms with Crippen molar-refractivity contribution in [3.05, 3.63) is 88.3 Å². The predicted octanol–water partition coefficient (Wildman–Crippen LogP) is 14.6. The van der Waals surface area contributed by atoms with Crippen molar-refractivity contribution >= 4 is 226 Å². The monoisotopic (exact) mass is 2250 g/mol. The summed E-state index contributed by atoms with van der Waals surface area (Å²) in [5, 5.41) is 13.3. The summed E-state index contributed by atoms with van der Waals surface area (Å²) in [6.45, 7) is 33.1. The third-order valence-electron chi connectivity index (χ3n) is 18.0. The van der Waals surface area contributed by atoms with Crippen LogP contribution in [0.15, 0.2) is 116 Å². The van der Waals surface area contributed by atoms with Crippen LogP contribution in [0.25, 0.3) is 68.7 Å². The molecule has 0 aliphatic rings. The van der Waals surface area contributed by atoms with Crippen LogP contribution in [0.2, 0.25) is 0 Å². The van der Waals surface area contributed by atoms with Gasteiger partial charge in [0.15, 0.2) is 71.2 Å². The minimum Gasteiger partial charge on any atom is -0.465 e. The Kier molecular flexibility index (Phi) is 44.9. The number of furan rings is 6. The number of ether oxygens (including phenoxy) is 4. The third kappa shape index (κ3) is 34.9. The maximum Gasteiger partial charge on any atom is 0.391 e. The van der Waals surface area contributed by atoms with Crippen LogP contribution in [0.5, 0.6) is 0 Å². The van der Waals surface area contributed by atoms with Crippen LogP contribution in [0.1, 0.15) is 153 Å². The molecule has 24 N–H and O–H groups in total. The Morgan fingerprint density at radius 3 is 0.944 bits per heavy atom. The van der Waals surface area contributed by atoms with Crippen LogP contribution in [-0.2, 0) is 84.8 Å². The van der Waals surface area contributed by atoms with Crippen molar-refractivity contribution in [2.24, 2.45) is 17.8 Å². The molecule has 12 heterocycles. The molecule has 12 aromatic rings. The molecule has 784 valence electrons. The number of nitrogens with one attached hydrogen (secondary N) is 4. The van der Waals surface area contributed by atoms with Crippen molar-refractivity contribution in [3.63, 3.8) is 0 Å². The number of thioether (sulfide) groups is 3. The van der Waals surface area contributed by atoms with Gasteiger partial charge in [0, 0.05) is 16.2 Å². The van der Waals surface area contributed by atoms with Crippen molar-refractivity contribution in [3.8, 4) is 68.7 Å². The van der Waals surface area contributed by atoms with Crippen LogP contribution in [0, 0.1) is 17.8 Å². The molecule has 12 rings (SSSR count). The summed E-state index contributed by atoms with van der Waals surface area (Å²) in [5.74, 6) is 3.06. The zero-order valence-corrected chi connectivity index (χ0v) is 92.7. The van der Waals surface area contributed by atoms with Crippen LogP contribution in [-0.4, -0.2) is 160 Å². The first-order chi connectivity index (χ1) is 66.2. The second kappa shape index (κ2) is 52.8. The molecule has 0 spiro atoms. The van der Waals surface area contributed by atoms with E-state index in [2.05, 4.69) is 91.8 Å². The molecule has 59 heteroatoms. The number of hydrogen-bond donors (Lipinski definition) is 18. The van der Waals surface area contributed by atoms with Gasteiger partial charge in [-0.2, -0.15) is 4.98 Å². The van der Waals surface area contributed by atoms with E-state index in [1.54, 1.807) is 91.0 Å². The Bertz CT molecular complexity index is 6320. The first-order valence-electron chi connectivity index (χ1n) is 43.4. The second-order valence-corrected chi connectivity index (χ2v) is 52.1. The number of thiazole rings is 5. The Morgan fingerprint density at radius 2 is 0.648 bits per heavy atom. The van der Waals surface area contributed by atoms with Crippen molar-refractivity contribution in [2.75, 3.05) is 78.6 Å². The van der Waals surface area contributed by atoms with Gasteiger partial charge in [0.1, 0.15) is 63.1 Å². The SMILES string of the molecule is CC(C)Cc1oc(N)nc1-c1ccc(P(=O)(O)O)o1.CC(C)Cc1sc(N)nc1-c1ccc(P(=O)(O)O)o1.CCCSc1sc(N)nc1-c1ccc(P(=O)(NC(C)(C)C(=O)OCC)NC(C)(C)C(=O)OCC)o1.CCCSc1sc(N)nc1-c1ccc(P(=O)(O)O)o1.CCOC(=O)[C@@H](C)NP(=O)(N[C@H](C)C(=O)OCC)c1ccc(-c2nc(N)sc2CC(C)C)o1.CSc1sc(N)nc1-c1ccc(P(=O)(O)O)o1. The van der Waals surface area contributed by atoms with E-state index in [4.69, 9.17) is 123 Å². The quantitative estimate of drug-likeness (QED) is 0.00732. The van der Waals surface area contributed by atoms with Gasteiger partial charge in [-0.3, -0.25) is 46.6 Å². The summed E-state index contributed by atoms with van der Waals surface area (Å²) < 4.78 is 133. The highest BCUT2D eigenvalue weighted by Gasteiger charge is 2.46. The lowest BCUT2D eigenvalue weighted by molar-refractivity contribution is -0.149. The van der Waals surface area contributed by atoms with E-state index in [0.717, 1.165) is 59.6 Å². The molecule has 142 heavy (non-hydrogen) atoms. The number of carbonyl (C=O) groups is 4. The Hall–Kier alpha value is -8.33.